The van der Waals surface area contributed by atoms with Crippen molar-refractivity contribution in [3.8, 4) is 0 Å². The molecule has 0 saturated heterocycles. The quantitative estimate of drug-likeness (QED) is 0.786. The van der Waals surface area contributed by atoms with Crippen LogP contribution in [0, 0.1) is 0 Å². The van der Waals surface area contributed by atoms with Crippen molar-refractivity contribution >= 4 is 23.4 Å². The summed E-state index contributed by atoms with van der Waals surface area (Å²) in [6.07, 6.45) is 4.20. The van der Waals surface area contributed by atoms with E-state index in [0.29, 0.717) is 17.3 Å². The largest absolute Gasteiger partial charge is 0.443 e. The summed E-state index contributed by atoms with van der Waals surface area (Å²) >= 11 is 6.02. The van der Waals surface area contributed by atoms with E-state index in [1.807, 2.05) is 20.8 Å². The molecule has 1 rings (SSSR count). The van der Waals surface area contributed by atoms with Crippen LogP contribution in [0.3, 0.4) is 0 Å². The first-order chi connectivity index (χ1) is 8.35. The Hall–Kier alpha value is -1.55. The second kappa shape index (κ2) is 5.87. The van der Waals surface area contributed by atoms with Gasteiger partial charge in [-0.1, -0.05) is 17.7 Å². The van der Waals surface area contributed by atoms with Crippen LogP contribution in [0.15, 0.2) is 31.1 Å². The summed E-state index contributed by atoms with van der Waals surface area (Å²) in [6, 6.07) is 1.66. The molecule has 0 spiro atoms. The van der Waals surface area contributed by atoms with Crippen LogP contribution < -0.4 is 4.90 Å². The number of hydrogen-bond donors (Lipinski definition) is 0. The number of anilines is 1. The van der Waals surface area contributed by atoms with Gasteiger partial charge >= 0.3 is 6.09 Å². The fraction of sp³-hybridized carbons (Fsp3) is 0.385. The van der Waals surface area contributed by atoms with Crippen molar-refractivity contribution < 1.29 is 9.53 Å². The summed E-state index contributed by atoms with van der Waals surface area (Å²) in [5.41, 5.74) is -0.00320. The van der Waals surface area contributed by atoms with Crippen molar-refractivity contribution in [2.24, 2.45) is 0 Å². The smallest absolute Gasteiger partial charge is 0.415 e. The summed E-state index contributed by atoms with van der Waals surface area (Å²) < 4.78 is 5.32. The predicted octanol–water partition coefficient (Wildman–Crippen LogP) is 3.66. The molecule has 0 aliphatic rings. The van der Waals surface area contributed by atoms with Crippen molar-refractivity contribution in [1.82, 2.24) is 4.98 Å². The average Bonchev–Trinajstić information content (AvgIpc) is 2.24. The molecule has 0 bridgehead atoms. The van der Waals surface area contributed by atoms with E-state index in [4.69, 9.17) is 16.3 Å². The summed E-state index contributed by atoms with van der Waals surface area (Å²) in [4.78, 5) is 17.4. The second-order valence-electron chi connectivity index (χ2n) is 4.71. The van der Waals surface area contributed by atoms with Crippen molar-refractivity contribution in [2.75, 3.05) is 11.4 Å². The minimum Gasteiger partial charge on any atom is -0.443 e. The fourth-order valence-corrected chi connectivity index (χ4v) is 1.53. The minimum absolute atomic E-state index is 0.318. The Morgan fingerprint density at radius 1 is 1.61 bits per heavy atom. The third-order valence-corrected chi connectivity index (χ3v) is 2.26. The van der Waals surface area contributed by atoms with Crippen LogP contribution in [-0.2, 0) is 4.74 Å². The lowest BCUT2D eigenvalue weighted by Gasteiger charge is -2.27. The number of rotatable bonds is 3. The van der Waals surface area contributed by atoms with E-state index in [1.165, 1.54) is 11.1 Å². The zero-order valence-electron chi connectivity index (χ0n) is 10.8. The molecule has 18 heavy (non-hydrogen) atoms. The van der Waals surface area contributed by atoms with Crippen molar-refractivity contribution in [3.05, 3.63) is 36.1 Å². The topological polar surface area (TPSA) is 42.4 Å². The van der Waals surface area contributed by atoms with E-state index in [1.54, 1.807) is 18.3 Å². The number of pyridine rings is 1. The molecule has 0 aliphatic carbocycles. The zero-order valence-corrected chi connectivity index (χ0v) is 11.6. The van der Waals surface area contributed by atoms with E-state index in [9.17, 15) is 4.79 Å². The molecule has 0 fully saturated rings. The average molecular weight is 269 g/mol. The summed E-state index contributed by atoms with van der Waals surface area (Å²) in [7, 11) is 0. The lowest BCUT2D eigenvalue weighted by atomic mass is 10.2. The maximum Gasteiger partial charge on any atom is 0.415 e. The molecule has 1 heterocycles. The first-order valence-electron chi connectivity index (χ1n) is 5.56. The Morgan fingerprint density at radius 2 is 2.28 bits per heavy atom. The molecule has 0 unspecified atom stereocenters. The highest BCUT2D eigenvalue weighted by Gasteiger charge is 2.23. The van der Waals surface area contributed by atoms with Crippen LogP contribution in [0.1, 0.15) is 20.8 Å². The Balaban J connectivity index is 3.00. The molecule has 0 atom stereocenters. The van der Waals surface area contributed by atoms with E-state index in [0.717, 1.165) is 0 Å². The molecule has 4 nitrogen and oxygen atoms in total. The highest BCUT2D eigenvalue weighted by molar-refractivity contribution is 6.33. The normalized spacial score (nSPS) is 10.9. The van der Waals surface area contributed by atoms with Crippen LogP contribution in [0.25, 0.3) is 0 Å². The summed E-state index contributed by atoms with van der Waals surface area (Å²) in [5, 5.41) is 0.394. The Kier molecular flexibility index (Phi) is 4.73. The van der Waals surface area contributed by atoms with Crippen LogP contribution in [0.4, 0.5) is 10.5 Å². The Morgan fingerprint density at radius 3 is 2.78 bits per heavy atom. The molecule has 0 aliphatic heterocycles. The number of amides is 1. The zero-order chi connectivity index (χ0) is 13.8. The minimum atomic E-state index is -0.560. The first kappa shape index (κ1) is 14.5. The third-order valence-electron chi connectivity index (χ3n) is 1.97. The lowest BCUT2D eigenvalue weighted by Crippen LogP contribution is -2.37. The molecule has 0 aromatic carbocycles. The van der Waals surface area contributed by atoms with Gasteiger partial charge in [0.15, 0.2) is 0 Å². The molecular weight excluding hydrogens is 252 g/mol. The molecule has 1 aromatic rings. The summed E-state index contributed by atoms with van der Waals surface area (Å²) in [5.74, 6) is 0. The maximum atomic E-state index is 12.1. The van der Waals surface area contributed by atoms with Gasteiger partial charge in [0.1, 0.15) is 5.60 Å². The number of aromatic nitrogens is 1. The van der Waals surface area contributed by atoms with Crippen LogP contribution in [-0.4, -0.2) is 23.2 Å². The molecule has 1 amide bonds. The van der Waals surface area contributed by atoms with Gasteiger partial charge in [0.25, 0.3) is 0 Å². The van der Waals surface area contributed by atoms with Crippen molar-refractivity contribution in [2.45, 2.75) is 26.4 Å². The number of carbonyl (C=O) groups excluding carboxylic acids is 1. The molecule has 5 heteroatoms. The predicted molar refractivity (Wildman–Crippen MR) is 73.0 cm³/mol. The monoisotopic (exact) mass is 268 g/mol. The standard InChI is InChI=1S/C13H17ClN2O2/c1-5-8-16(12(17)18-13(2,3)4)11-6-7-15-9-10(11)14/h5-7,9H,1,8H2,2-4H3. The van der Waals surface area contributed by atoms with Gasteiger partial charge in [0.05, 0.1) is 10.7 Å². The van der Waals surface area contributed by atoms with Crippen LogP contribution in [0.5, 0.6) is 0 Å². The third kappa shape index (κ3) is 4.04. The highest BCUT2D eigenvalue weighted by Crippen LogP contribution is 2.25. The number of halogens is 1. The van der Waals surface area contributed by atoms with Crippen molar-refractivity contribution in [3.63, 3.8) is 0 Å². The summed E-state index contributed by atoms with van der Waals surface area (Å²) in [6.45, 7) is 9.38. The van der Waals surface area contributed by atoms with Gasteiger partial charge in [-0.25, -0.2) is 4.79 Å². The van der Waals surface area contributed by atoms with E-state index in [-0.39, 0.29) is 0 Å². The van der Waals surface area contributed by atoms with Gasteiger partial charge < -0.3 is 4.74 Å². The fourth-order valence-electron chi connectivity index (χ4n) is 1.30. The van der Waals surface area contributed by atoms with E-state index >= 15 is 0 Å². The molecular formula is C13H17ClN2O2. The molecule has 98 valence electrons. The van der Waals surface area contributed by atoms with Gasteiger partial charge in [-0.3, -0.25) is 9.88 Å². The first-order valence-corrected chi connectivity index (χ1v) is 5.94. The maximum absolute atomic E-state index is 12.1. The van der Waals surface area contributed by atoms with E-state index < -0.39 is 11.7 Å². The number of carbonyl (C=O) groups is 1. The second-order valence-corrected chi connectivity index (χ2v) is 5.11. The van der Waals surface area contributed by atoms with Gasteiger partial charge in [-0.2, -0.15) is 0 Å². The van der Waals surface area contributed by atoms with Gasteiger partial charge in [0, 0.05) is 18.9 Å². The van der Waals surface area contributed by atoms with Gasteiger partial charge in [-0.05, 0) is 26.8 Å². The molecule has 0 saturated carbocycles. The van der Waals surface area contributed by atoms with E-state index in [2.05, 4.69) is 11.6 Å². The Labute approximate surface area is 112 Å². The van der Waals surface area contributed by atoms with Gasteiger partial charge in [-0.15, -0.1) is 6.58 Å². The Bertz CT molecular complexity index is 441. The van der Waals surface area contributed by atoms with Crippen LogP contribution >= 0.6 is 11.6 Å². The van der Waals surface area contributed by atoms with Crippen molar-refractivity contribution in [1.29, 1.82) is 0 Å². The molecule has 0 radical (unpaired) electrons. The number of ether oxygens (including phenoxy) is 1. The molecule has 1 aromatic heterocycles. The lowest BCUT2D eigenvalue weighted by molar-refractivity contribution is 0.0584. The van der Waals surface area contributed by atoms with Crippen LogP contribution in [0.2, 0.25) is 5.02 Å². The number of hydrogen-bond acceptors (Lipinski definition) is 3. The molecule has 0 N–H and O–H groups in total. The SMILES string of the molecule is C=CCN(C(=O)OC(C)(C)C)c1ccncc1Cl. The number of nitrogens with zero attached hydrogens (tertiary/aromatic N) is 2. The van der Waals surface area contributed by atoms with Gasteiger partial charge in [0.2, 0.25) is 0 Å². The highest BCUT2D eigenvalue weighted by atomic mass is 35.5.